The Kier molecular flexibility index (Phi) is 3.40. The Bertz CT molecular complexity index is 490. The summed E-state index contributed by atoms with van der Waals surface area (Å²) in [4.78, 5) is 16.9. The number of ether oxygens (including phenoxy) is 2. The maximum atomic E-state index is 11.5. The summed E-state index contributed by atoms with van der Waals surface area (Å²) in [6.45, 7) is 3.69. The summed E-state index contributed by atoms with van der Waals surface area (Å²) in [6, 6.07) is 0. The van der Waals surface area contributed by atoms with Gasteiger partial charge in [0.15, 0.2) is 0 Å². The molecular formula is C12H13NO3S. The Labute approximate surface area is 104 Å². The van der Waals surface area contributed by atoms with Gasteiger partial charge in [-0.15, -0.1) is 11.3 Å². The lowest BCUT2D eigenvalue weighted by Crippen LogP contribution is -2.14. The fourth-order valence-corrected chi connectivity index (χ4v) is 2.70. The minimum Gasteiger partial charge on any atom is -0.466 e. The lowest BCUT2D eigenvalue weighted by Gasteiger charge is -2.19. The number of carbonyl (C=O) groups excluding carboxylic acids is 1. The molecule has 0 aromatic carbocycles. The van der Waals surface area contributed by atoms with Gasteiger partial charge in [0.2, 0.25) is 0 Å². The fourth-order valence-electron chi connectivity index (χ4n) is 1.76. The molecule has 4 nitrogen and oxygen atoms in total. The molecule has 1 heterocycles. The molecule has 17 heavy (non-hydrogen) atoms. The van der Waals surface area contributed by atoms with E-state index < -0.39 is 0 Å². The predicted octanol–water partition coefficient (Wildman–Crippen LogP) is 2.43. The molecule has 1 aromatic heterocycles. The quantitative estimate of drug-likeness (QED) is 0.774. The Hall–Kier alpha value is -1.46. The number of carbonyl (C=O) groups is 1. The van der Waals surface area contributed by atoms with Gasteiger partial charge in [-0.3, -0.25) is 0 Å². The monoisotopic (exact) mass is 251 g/mol. The highest BCUT2D eigenvalue weighted by Gasteiger charge is 2.28. The molecule has 1 atom stereocenters. The molecule has 0 fully saturated rings. The Morgan fingerprint density at radius 2 is 2.41 bits per heavy atom. The first-order valence-corrected chi connectivity index (χ1v) is 5.96. The Balaban J connectivity index is 2.44. The maximum absolute atomic E-state index is 11.5. The van der Waals surface area contributed by atoms with Gasteiger partial charge in [-0.1, -0.05) is 6.58 Å². The number of thiazole rings is 1. The van der Waals surface area contributed by atoms with E-state index in [9.17, 15) is 4.79 Å². The molecule has 1 aliphatic rings. The van der Waals surface area contributed by atoms with Gasteiger partial charge in [0, 0.05) is 19.1 Å². The smallest absolute Gasteiger partial charge is 0.333 e. The molecule has 1 aliphatic carbocycles. The minimum absolute atomic E-state index is 0.186. The lowest BCUT2D eigenvalue weighted by molar-refractivity contribution is -0.136. The van der Waals surface area contributed by atoms with Gasteiger partial charge in [0.1, 0.15) is 11.1 Å². The first-order valence-electron chi connectivity index (χ1n) is 5.14. The topological polar surface area (TPSA) is 48.4 Å². The lowest BCUT2D eigenvalue weighted by atomic mass is 9.98. The van der Waals surface area contributed by atoms with E-state index in [4.69, 9.17) is 9.47 Å². The van der Waals surface area contributed by atoms with Crippen LogP contribution in [-0.2, 0) is 14.3 Å². The van der Waals surface area contributed by atoms with Gasteiger partial charge in [0.25, 0.3) is 0 Å². The summed E-state index contributed by atoms with van der Waals surface area (Å²) in [5.41, 5.74) is 1.49. The average molecular weight is 251 g/mol. The van der Waals surface area contributed by atoms with Crippen molar-refractivity contribution in [3.05, 3.63) is 27.7 Å². The van der Waals surface area contributed by atoms with Crippen molar-refractivity contribution < 1.29 is 14.3 Å². The number of nitrogens with zero attached hydrogens (tertiary/aromatic N) is 1. The van der Waals surface area contributed by atoms with Crippen molar-refractivity contribution in [2.24, 2.45) is 0 Å². The third-order valence-electron chi connectivity index (χ3n) is 2.62. The molecule has 90 valence electrons. The first-order chi connectivity index (χ1) is 8.19. The number of fused-ring (bicyclic) bond motifs is 1. The molecule has 1 aromatic rings. The van der Waals surface area contributed by atoms with E-state index in [1.165, 1.54) is 18.4 Å². The van der Waals surface area contributed by atoms with Gasteiger partial charge in [0.05, 0.1) is 17.7 Å². The highest BCUT2D eigenvalue weighted by Crippen LogP contribution is 2.37. The molecule has 0 amide bonds. The third kappa shape index (κ3) is 2.16. The summed E-state index contributed by atoms with van der Waals surface area (Å²) >= 11 is 1.49. The fraction of sp³-hybridized carbons (Fsp3) is 0.333. The Morgan fingerprint density at radius 3 is 3.00 bits per heavy atom. The first kappa shape index (κ1) is 12.0. The van der Waals surface area contributed by atoms with Crippen molar-refractivity contribution in [3.8, 4) is 0 Å². The number of esters is 1. The van der Waals surface area contributed by atoms with E-state index in [1.54, 1.807) is 13.2 Å². The molecule has 0 N–H and O–H groups in total. The highest BCUT2D eigenvalue weighted by molar-refractivity contribution is 7.13. The van der Waals surface area contributed by atoms with E-state index in [2.05, 4.69) is 11.6 Å². The summed E-state index contributed by atoms with van der Waals surface area (Å²) in [6.07, 6.45) is 3.83. The summed E-state index contributed by atoms with van der Waals surface area (Å²) in [5, 5.41) is 0.833. The van der Waals surface area contributed by atoms with Gasteiger partial charge >= 0.3 is 5.97 Å². The maximum Gasteiger partial charge on any atom is 0.333 e. The molecule has 5 heteroatoms. The van der Waals surface area contributed by atoms with Crippen LogP contribution >= 0.6 is 11.3 Å². The van der Waals surface area contributed by atoms with Crippen molar-refractivity contribution in [1.82, 2.24) is 4.98 Å². The van der Waals surface area contributed by atoms with Gasteiger partial charge < -0.3 is 9.47 Å². The normalized spacial score (nSPS) is 18.2. The number of aromatic nitrogens is 1. The molecule has 0 spiro atoms. The molecule has 1 unspecified atom stereocenters. The summed E-state index contributed by atoms with van der Waals surface area (Å²) < 4.78 is 10.1. The van der Waals surface area contributed by atoms with Crippen LogP contribution in [0.25, 0.3) is 12.2 Å². The zero-order valence-electron chi connectivity index (χ0n) is 9.73. The zero-order valence-corrected chi connectivity index (χ0v) is 10.5. The second-order valence-corrected chi connectivity index (χ2v) is 4.66. The highest BCUT2D eigenvalue weighted by atomic mass is 32.1. The van der Waals surface area contributed by atoms with Crippen molar-refractivity contribution in [2.45, 2.75) is 12.5 Å². The summed E-state index contributed by atoms with van der Waals surface area (Å²) in [7, 11) is 2.99. The van der Waals surface area contributed by atoms with Crippen LogP contribution in [-0.4, -0.2) is 25.2 Å². The SMILES string of the molecule is C=Cc1nc2c(s1)C=C(C(=O)OC)CC2OC. The van der Waals surface area contributed by atoms with Gasteiger partial charge in [-0.25, -0.2) is 9.78 Å². The van der Waals surface area contributed by atoms with Crippen LogP contribution in [0.4, 0.5) is 0 Å². The van der Waals surface area contributed by atoms with E-state index in [0.717, 1.165) is 15.6 Å². The third-order valence-corrected chi connectivity index (χ3v) is 3.63. The molecule has 0 aliphatic heterocycles. The molecule has 0 bridgehead atoms. The molecule has 0 saturated carbocycles. The Morgan fingerprint density at radius 1 is 1.65 bits per heavy atom. The van der Waals surface area contributed by atoms with Crippen molar-refractivity contribution in [2.75, 3.05) is 14.2 Å². The van der Waals surface area contributed by atoms with Crippen LogP contribution in [0.3, 0.4) is 0 Å². The van der Waals surface area contributed by atoms with Crippen LogP contribution in [0.2, 0.25) is 0 Å². The van der Waals surface area contributed by atoms with E-state index in [0.29, 0.717) is 12.0 Å². The molecule has 0 radical (unpaired) electrons. The van der Waals surface area contributed by atoms with Gasteiger partial charge in [-0.2, -0.15) is 0 Å². The van der Waals surface area contributed by atoms with Crippen molar-refractivity contribution >= 4 is 29.5 Å². The largest absolute Gasteiger partial charge is 0.466 e. The van der Waals surface area contributed by atoms with Gasteiger partial charge in [-0.05, 0) is 12.2 Å². The minimum atomic E-state index is -0.314. The van der Waals surface area contributed by atoms with Crippen molar-refractivity contribution in [3.63, 3.8) is 0 Å². The number of hydrogen-bond donors (Lipinski definition) is 0. The van der Waals surface area contributed by atoms with Crippen LogP contribution in [0.15, 0.2) is 12.2 Å². The number of rotatable bonds is 3. The van der Waals surface area contributed by atoms with Crippen LogP contribution < -0.4 is 0 Å². The van der Waals surface area contributed by atoms with Crippen LogP contribution in [0.1, 0.15) is 28.1 Å². The molecule has 0 saturated heterocycles. The average Bonchev–Trinajstić information content (AvgIpc) is 2.79. The summed E-state index contributed by atoms with van der Waals surface area (Å²) in [5.74, 6) is -0.314. The number of methoxy groups -OCH3 is 2. The second-order valence-electron chi connectivity index (χ2n) is 3.60. The van der Waals surface area contributed by atoms with E-state index in [-0.39, 0.29) is 12.1 Å². The van der Waals surface area contributed by atoms with E-state index >= 15 is 0 Å². The zero-order chi connectivity index (χ0) is 12.4. The number of hydrogen-bond acceptors (Lipinski definition) is 5. The van der Waals surface area contributed by atoms with Crippen molar-refractivity contribution in [1.29, 1.82) is 0 Å². The molecule has 2 rings (SSSR count). The molecular weight excluding hydrogens is 238 g/mol. The standard InChI is InChI=1S/C12H13NO3S/c1-4-10-13-11-8(15-2)5-7(12(14)16-3)6-9(11)17-10/h4,6,8H,1,5H2,2-3H3. The van der Waals surface area contributed by atoms with Crippen LogP contribution in [0.5, 0.6) is 0 Å². The van der Waals surface area contributed by atoms with Crippen LogP contribution in [0, 0.1) is 0 Å². The second kappa shape index (κ2) is 4.81. The predicted molar refractivity (Wildman–Crippen MR) is 66.6 cm³/mol. The van der Waals surface area contributed by atoms with E-state index in [1.807, 2.05) is 6.08 Å².